The summed E-state index contributed by atoms with van der Waals surface area (Å²) >= 11 is 8.15. The molecule has 0 aromatic heterocycles. The summed E-state index contributed by atoms with van der Waals surface area (Å²) in [6.07, 6.45) is 4.30. The summed E-state index contributed by atoms with van der Waals surface area (Å²) in [5.41, 5.74) is 5.53. The highest BCUT2D eigenvalue weighted by atomic mass is 127. The fraction of sp³-hybridized carbons (Fsp3) is 0.429. The van der Waals surface area contributed by atoms with Crippen molar-refractivity contribution < 1.29 is 10.0 Å². The molecule has 7 heteroatoms. The van der Waals surface area contributed by atoms with Gasteiger partial charge in [0, 0.05) is 9.13 Å². The minimum absolute atomic E-state index is 0.0622. The molecule has 2 rings (SSSR count). The predicted octanol–water partition coefficient (Wildman–Crippen LogP) is 3.12. The van der Waals surface area contributed by atoms with Gasteiger partial charge >= 0.3 is 0 Å². The lowest BCUT2D eigenvalue weighted by Gasteiger charge is -2.36. The molecule has 1 aromatic rings. The minimum atomic E-state index is -0.764. The fourth-order valence-electron chi connectivity index (χ4n) is 2.62. The average molecular weight is 422 g/mol. The number of hydrogen-bond acceptors (Lipinski definition) is 3. The van der Waals surface area contributed by atoms with E-state index in [1.54, 1.807) is 18.2 Å². The highest BCUT2D eigenvalue weighted by Gasteiger charge is 2.38. The van der Waals surface area contributed by atoms with Crippen LogP contribution in [0.3, 0.4) is 0 Å². The maximum atomic E-state index is 12.4. The molecule has 5 nitrogen and oxygen atoms in total. The number of nitrogens with one attached hydrogen (secondary N) is 1. The molecule has 0 atom stereocenters. The Bertz CT molecular complexity index is 571. The zero-order valence-corrected chi connectivity index (χ0v) is 14.3. The van der Waals surface area contributed by atoms with Crippen molar-refractivity contribution in [2.24, 2.45) is 10.9 Å². The maximum Gasteiger partial charge on any atom is 0.252 e. The molecule has 1 aliphatic carbocycles. The van der Waals surface area contributed by atoms with Crippen LogP contribution in [0.2, 0.25) is 5.02 Å². The van der Waals surface area contributed by atoms with Crippen LogP contribution < -0.4 is 11.1 Å². The predicted molar refractivity (Wildman–Crippen MR) is 90.9 cm³/mol. The molecule has 0 saturated heterocycles. The Labute approximate surface area is 142 Å². The number of nitrogens with two attached hydrogens (primary N) is 1. The number of amides is 1. The molecular formula is C14H17ClIN3O2. The molecule has 0 heterocycles. The topological polar surface area (TPSA) is 87.7 Å². The first kappa shape index (κ1) is 16.4. The number of halogens is 2. The maximum absolute atomic E-state index is 12.4. The summed E-state index contributed by atoms with van der Waals surface area (Å²) in [6.45, 7) is 0. The Kier molecular flexibility index (Phi) is 5.32. The third-order valence-corrected chi connectivity index (χ3v) is 5.41. The van der Waals surface area contributed by atoms with E-state index >= 15 is 0 Å². The first-order valence-electron chi connectivity index (χ1n) is 6.74. The Morgan fingerprint density at radius 2 is 2.05 bits per heavy atom. The van der Waals surface area contributed by atoms with E-state index in [4.69, 9.17) is 22.5 Å². The van der Waals surface area contributed by atoms with E-state index in [0.717, 1.165) is 22.8 Å². The van der Waals surface area contributed by atoms with Crippen molar-refractivity contribution in [3.63, 3.8) is 0 Å². The molecular weight excluding hydrogens is 405 g/mol. The third kappa shape index (κ3) is 3.60. The van der Waals surface area contributed by atoms with Crippen LogP contribution in [0.25, 0.3) is 0 Å². The van der Waals surface area contributed by atoms with Crippen LogP contribution in [0, 0.1) is 3.57 Å². The molecule has 1 fully saturated rings. The quantitative estimate of drug-likeness (QED) is 0.230. The van der Waals surface area contributed by atoms with E-state index in [0.29, 0.717) is 23.4 Å². The van der Waals surface area contributed by atoms with Gasteiger partial charge in [-0.25, -0.2) is 0 Å². The molecule has 1 aliphatic rings. The monoisotopic (exact) mass is 421 g/mol. The molecule has 0 spiro atoms. The van der Waals surface area contributed by atoms with E-state index in [2.05, 4.69) is 33.1 Å². The number of oxime groups is 1. The van der Waals surface area contributed by atoms with Gasteiger partial charge in [0.25, 0.3) is 5.91 Å². The lowest BCUT2D eigenvalue weighted by atomic mass is 9.80. The second kappa shape index (κ2) is 6.83. The molecule has 1 amide bonds. The minimum Gasteiger partial charge on any atom is -0.409 e. The number of nitrogens with zero attached hydrogens (tertiary/aromatic N) is 1. The molecule has 1 aromatic carbocycles. The van der Waals surface area contributed by atoms with E-state index in [1.165, 1.54) is 0 Å². The largest absolute Gasteiger partial charge is 0.409 e. The third-order valence-electron chi connectivity index (χ3n) is 3.84. The van der Waals surface area contributed by atoms with E-state index in [9.17, 15) is 4.79 Å². The highest BCUT2D eigenvalue weighted by molar-refractivity contribution is 14.1. The number of amidine groups is 1. The average Bonchev–Trinajstić information content (AvgIpc) is 2.50. The van der Waals surface area contributed by atoms with Crippen molar-refractivity contribution in [1.29, 1.82) is 0 Å². The smallest absolute Gasteiger partial charge is 0.252 e. The second-order valence-corrected chi connectivity index (χ2v) is 6.78. The zero-order chi connectivity index (χ0) is 15.5. The number of hydrogen-bond donors (Lipinski definition) is 3. The van der Waals surface area contributed by atoms with E-state index in [-0.39, 0.29) is 11.7 Å². The van der Waals surface area contributed by atoms with Crippen molar-refractivity contribution in [3.8, 4) is 0 Å². The lowest BCUT2D eigenvalue weighted by molar-refractivity contribution is 0.0905. The Balaban J connectivity index is 2.23. The van der Waals surface area contributed by atoms with Gasteiger partial charge in [0.1, 0.15) is 5.54 Å². The van der Waals surface area contributed by atoms with Gasteiger partial charge < -0.3 is 16.3 Å². The molecule has 0 bridgehead atoms. The van der Waals surface area contributed by atoms with Crippen LogP contribution in [0.5, 0.6) is 0 Å². The van der Waals surface area contributed by atoms with Gasteiger partial charge in [-0.1, -0.05) is 36.0 Å². The number of rotatable bonds is 3. The Morgan fingerprint density at radius 1 is 1.38 bits per heavy atom. The number of carbonyl (C=O) groups is 1. The van der Waals surface area contributed by atoms with E-state index < -0.39 is 5.54 Å². The summed E-state index contributed by atoms with van der Waals surface area (Å²) in [7, 11) is 0. The van der Waals surface area contributed by atoms with Crippen LogP contribution in [0.1, 0.15) is 42.5 Å². The van der Waals surface area contributed by atoms with Crippen LogP contribution in [-0.2, 0) is 0 Å². The van der Waals surface area contributed by atoms with Gasteiger partial charge in [-0.3, -0.25) is 4.79 Å². The Morgan fingerprint density at radius 3 is 2.62 bits per heavy atom. The molecule has 0 radical (unpaired) electrons. The zero-order valence-electron chi connectivity index (χ0n) is 11.4. The van der Waals surface area contributed by atoms with Crippen LogP contribution in [0.4, 0.5) is 0 Å². The van der Waals surface area contributed by atoms with Gasteiger partial charge in [-0.05, 0) is 53.6 Å². The van der Waals surface area contributed by atoms with Gasteiger partial charge in [-0.15, -0.1) is 0 Å². The van der Waals surface area contributed by atoms with Crippen molar-refractivity contribution in [1.82, 2.24) is 5.32 Å². The van der Waals surface area contributed by atoms with Crippen molar-refractivity contribution in [2.45, 2.75) is 37.6 Å². The number of benzene rings is 1. The highest BCUT2D eigenvalue weighted by Crippen LogP contribution is 2.29. The molecule has 21 heavy (non-hydrogen) atoms. The molecule has 114 valence electrons. The van der Waals surface area contributed by atoms with Crippen LogP contribution >= 0.6 is 34.2 Å². The first-order chi connectivity index (χ1) is 9.98. The molecule has 0 aliphatic heterocycles. The van der Waals surface area contributed by atoms with Crippen LogP contribution in [-0.4, -0.2) is 22.5 Å². The van der Waals surface area contributed by atoms with Gasteiger partial charge in [-0.2, -0.15) is 0 Å². The van der Waals surface area contributed by atoms with Gasteiger partial charge in [0.15, 0.2) is 5.84 Å². The molecule has 1 saturated carbocycles. The summed E-state index contributed by atoms with van der Waals surface area (Å²) in [5, 5.41) is 15.6. The number of carbonyl (C=O) groups excluding carboxylic acids is 1. The van der Waals surface area contributed by atoms with E-state index in [1.807, 2.05) is 0 Å². The van der Waals surface area contributed by atoms with Gasteiger partial charge in [0.05, 0.1) is 5.02 Å². The lowest BCUT2D eigenvalue weighted by Crippen LogP contribution is -2.58. The first-order valence-corrected chi connectivity index (χ1v) is 8.20. The molecule has 4 N–H and O–H groups in total. The SMILES string of the molecule is N/C(=N/O)C1(NC(=O)c2ccc(I)c(Cl)c2)CCCCC1. The Hall–Kier alpha value is -1.02. The summed E-state index contributed by atoms with van der Waals surface area (Å²) in [5.74, 6) is -0.200. The standard InChI is InChI=1S/C14H17ClIN3O2/c15-10-8-9(4-5-11(10)16)12(20)18-14(13(17)19-21)6-2-1-3-7-14/h4-5,8,21H,1-3,6-7H2,(H2,17,19)(H,18,20). The van der Waals surface area contributed by atoms with Crippen molar-refractivity contribution >= 4 is 45.9 Å². The summed E-state index contributed by atoms with van der Waals surface area (Å²) < 4.78 is 0.884. The van der Waals surface area contributed by atoms with Gasteiger partial charge in [0.2, 0.25) is 0 Å². The summed E-state index contributed by atoms with van der Waals surface area (Å²) in [4.78, 5) is 12.4. The molecule has 0 unspecified atom stereocenters. The van der Waals surface area contributed by atoms with Crippen molar-refractivity contribution in [3.05, 3.63) is 32.4 Å². The second-order valence-electron chi connectivity index (χ2n) is 5.21. The van der Waals surface area contributed by atoms with Crippen LogP contribution in [0.15, 0.2) is 23.4 Å². The normalized spacial score (nSPS) is 18.3. The summed E-state index contributed by atoms with van der Waals surface area (Å²) in [6, 6.07) is 5.13. The fourth-order valence-corrected chi connectivity index (χ4v) is 3.14. The van der Waals surface area contributed by atoms with Crippen molar-refractivity contribution in [2.75, 3.05) is 0 Å².